The number of hydrogen-bond acceptors (Lipinski definition) is 10. The van der Waals surface area contributed by atoms with Gasteiger partial charge in [0, 0.05) is 35.2 Å². The third kappa shape index (κ3) is 7.25. The fraction of sp³-hybridized carbons (Fsp3) is 0.600. The summed E-state index contributed by atoms with van der Waals surface area (Å²) in [6.45, 7) is 11.1. The van der Waals surface area contributed by atoms with Crippen molar-refractivity contribution in [2.75, 3.05) is 6.61 Å². The van der Waals surface area contributed by atoms with E-state index in [1.54, 1.807) is 67.6 Å². The van der Waals surface area contributed by atoms with Crippen molar-refractivity contribution in [2.24, 2.45) is 22.7 Å². The number of nitrogens with one attached hydrogen (secondary N) is 1. The van der Waals surface area contributed by atoms with Crippen LogP contribution in [0.2, 0.25) is 0 Å². The van der Waals surface area contributed by atoms with Crippen LogP contribution >= 0.6 is 0 Å². The van der Waals surface area contributed by atoms with Crippen LogP contribution in [0.1, 0.15) is 121 Å². The first-order chi connectivity index (χ1) is 26.5. The topological polar surface area (TPSA) is 169 Å². The number of aliphatic hydroxyl groups excluding tert-OH is 1. The molecule has 9 unspecified atom stereocenters. The van der Waals surface area contributed by atoms with E-state index in [1.807, 2.05) is 27.7 Å². The largest absolute Gasteiger partial charge is 0.456 e. The molecule has 4 aliphatic rings. The third-order valence-corrected chi connectivity index (χ3v) is 13.7. The summed E-state index contributed by atoms with van der Waals surface area (Å²) in [6.07, 6.45) is 0.356. The van der Waals surface area contributed by atoms with Gasteiger partial charge in [0.1, 0.15) is 11.7 Å². The van der Waals surface area contributed by atoms with Crippen LogP contribution in [0.15, 0.2) is 71.8 Å². The van der Waals surface area contributed by atoms with Gasteiger partial charge in [0.25, 0.3) is 5.91 Å². The Bertz CT molecular complexity index is 1810. The van der Waals surface area contributed by atoms with E-state index in [0.717, 1.165) is 25.7 Å². The van der Waals surface area contributed by atoms with Gasteiger partial charge in [-0.1, -0.05) is 109 Å². The number of benzene rings is 2. The van der Waals surface area contributed by atoms with Gasteiger partial charge in [0.2, 0.25) is 0 Å². The number of unbranched alkanes of at least 4 members (excludes halogenated alkanes) is 4. The second-order valence-corrected chi connectivity index (χ2v) is 17.4. The lowest BCUT2D eigenvalue weighted by atomic mass is 9.43. The second-order valence-electron chi connectivity index (χ2n) is 17.4. The first kappa shape index (κ1) is 41.7. The first-order valence-electron chi connectivity index (χ1n) is 20.3. The number of aliphatic hydroxyl groups is 3. The lowest BCUT2D eigenvalue weighted by molar-refractivity contribution is -0.320. The highest BCUT2D eigenvalue weighted by Gasteiger charge is 2.72. The molecular formula is C45H59NO10. The van der Waals surface area contributed by atoms with Gasteiger partial charge in [0.15, 0.2) is 18.0 Å². The highest BCUT2D eigenvalue weighted by molar-refractivity contribution is 5.95. The SMILES string of the molecule is CCCCCCCC(=O)OC1C(=O)[C@]2(C)CCC3OCC3(O)C2C(C)C2(O)CC(OC(=O)C(O)C(NC(=O)c3ccccc3)c3ccccc3)C(C)=C1C2(C)C. The van der Waals surface area contributed by atoms with E-state index >= 15 is 4.79 Å². The molecule has 6 rings (SSSR count). The molecule has 2 bridgehead atoms. The van der Waals surface area contributed by atoms with Gasteiger partial charge in [0.05, 0.1) is 24.4 Å². The van der Waals surface area contributed by atoms with Crippen molar-refractivity contribution in [2.45, 2.75) is 141 Å². The van der Waals surface area contributed by atoms with Gasteiger partial charge in [-0.2, -0.15) is 0 Å². The fourth-order valence-corrected chi connectivity index (χ4v) is 10.5. The lowest BCUT2D eigenvalue weighted by Crippen LogP contribution is -2.76. The van der Waals surface area contributed by atoms with E-state index in [1.165, 1.54) is 0 Å². The summed E-state index contributed by atoms with van der Waals surface area (Å²) in [6, 6.07) is 15.8. The average molecular weight is 774 g/mol. The quantitative estimate of drug-likeness (QED) is 0.109. The number of Topliss-reactive ketones (excluding diaryl/α,β-unsaturated/α-hetero) is 1. The van der Waals surface area contributed by atoms with Crippen LogP contribution in [0.5, 0.6) is 0 Å². The van der Waals surface area contributed by atoms with Crippen LogP contribution in [0.3, 0.4) is 0 Å². The molecule has 2 saturated carbocycles. The van der Waals surface area contributed by atoms with E-state index in [-0.39, 0.29) is 25.2 Å². The van der Waals surface area contributed by atoms with Gasteiger partial charge in [-0.3, -0.25) is 14.4 Å². The number of esters is 2. The molecule has 10 atom stereocenters. The Balaban J connectivity index is 1.38. The van der Waals surface area contributed by atoms with Gasteiger partial charge in [-0.25, -0.2) is 4.79 Å². The molecule has 0 radical (unpaired) electrons. The molecule has 1 amide bonds. The monoisotopic (exact) mass is 773 g/mol. The number of ketones is 1. The van der Waals surface area contributed by atoms with Crippen LogP contribution in [-0.4, -0.2) is 81.2 Å². The molecule has 2 aromatic rings. The zero-order valence-electron chi connectivity index (χ0n) is 33.6. The number of carbonyl (C=O) groups excluding carboxylic acids is 4. The summed E-state index contributed by atoms with van der Waals surface area (Å²) in [7, 11) is 0. The molecule has 1 aliphatic heterocycles. The Hall–Kier alpha value is -3.90. The molecule has 2 aromatic carbocycles. The van der Waals surface area contributed by atoms with Crippen molar-refractivity contribution >= 4 is 23.6 Å². The summed E-state index contributed by atoms with van der Waals surface area (Å²) >= 11 is 0. The van der Waals surface area contributed by atoms with Crippen LogP contribution in [0.4, 0.5) is 0 Å². The third-order valence-electron chi connectivity index (χ3n) is 13.7. The van der Waals surface area contributed by atoms with E-state index in [9.17, 15) is 29.7 Å². The Kier molecular flexibility index (Phi) is 12.0. The number of ether oxygens (including phenoxy) is 3. The molecule has 0 spiro atoms. The number of hydrogen-bond donors (Lipinski definition) is 4. The molecule has 3 fully saturated rings. The fourth-order valence-electron chi connectivity index (χ4n) is 10.5. The Morgan fingerprint density at radius 2 is 1.59 bits per heavy atom. The van der Waals surface area contributed by atoms with Gasteiger partial charge >= 0.3 is 11.9 Å². The maximum absolute atomic E-state index is 15.2. The lowest BCUT2D eigenvalue weighted by Gasteiger charge is -2.66. The summed E-state index contributed by atoms with van der Waals surface area (Å²) < 4.78 is 18.2. The van der Waals surface area contributed by atoms with Crippen LogP contribution in [0.25, 0.3) is 0 Å². The normalized spacial score (nSPS) is 33.0. The molecule has 56 heavy (non-hydrogen) atoms. The van der Waals surface area contributed by atoms with Crippen molar-refractivity contribution in [3.63, 3.8) is 0 Å². The number of rotatable bonds is 13. The number of fused-ring (bicyclic) bond motifs is 5. The minimum Gasteiger partial charge on any atom is -0.456 e. The molecule has 3 aliphatic carbocycles. The Morgan fingerprint density at radius 3 is 2.21 bits per heavy atom. The zero-order chi connectivity index (χ0) is 40.6. The van der Waals surface area contributed by atoms with Crippen LogP contribution in [0, 0.1) is 22.7 Å². The Labute approximate surface area is 330 Å². The maximum atomic E-state index is 15.2. The molecule has 0 aromatic heterocycles. The molecule has 1 heterocycles. The van der Waals surface area contributed by atoms with Gasteiger partial charge in [-0.15, -0.1) is 0 Å². The number of amides is 1. The minimum atomic E-state index is -1.87. The van der Waals surface area contributed by atoms with Gasteiger partial charge < -0.3 is 34.8 Å². The minimum absolute atomic E-state index is 0.00380. The van der Waals surface area contributed by atoms with Crippen molar-refractivity contribution in [3.8, 4) is 0 Å². The molecule has 304 valence electrons. The molecular weight excluding hydrogens is 714 g/mol. The van der Waals surface area contributed by atoms with E-state index in [0.29, 0.717) is 41.5 Å². The second kappa shape index (κ2) is 16.2. The zero-order valence-corrected chi connectivity index (χ0v) is 33.6. The molecule has 1 saturated heterocycles. The van der Waals surface area contributed by atoms with Crippen molar-refractivity contribution < 1.29 is 48.7 Å². The summed E-state index contributed by atoms with van der Waals surface area (Å²) in [5, 5.41) is 39.9. The predicted octanol–water partition coefficient (Wildman–Crippen LogP) is 5.95. The average Bonchev–Trinajstić information content (AvgIpc) is 3.17. The summed E-state index contributed by atoms with van der Waals surface area (Å²) in [5.41, 5.74) is -3.92. The summed E-state index contributed by atoms with van der Waals surface area (Å²) in [4.78, 5) is 56.3. The van der Waals surface area contributed by atoms with Gasteiger partial charge in [-0.05, 0) is 60.9 Å². The van der Waals surface area contributed by atoms with E-state index in [2.05, 4.69) is 12.2 Å². The first-order valence-corrected chi connectivity index (χ1v) is 20.3. The Morgan fingerprint density at radius 1 is 0.946 bits per heavy atom. The highest BCUT2D eigenvalue weighted by Crippen LogP contribution is 2.64. The predicted molar refractivity (Wildman–Crippen MR) is 208 cm³/mol. The molecule has 11 nitrogen and oxygen atoms in total. The van der Waals surface area contributed by atoms with Crippen molar-refractivity contribution in [1.29, 1.82) is 0 Å². The highest BCUT2D eigenvalue weighted by atomic mass is 16.6. The standard InChI is InChI=1S/C45H59NO10/c1-7-8-9-10-17-22-33(47)56-37-34-27(2)31(55-41(51)36(48)35(29-18-13-11-14-19-29)46-40(50)30-20-15-12-16-21-30)25-45(53,42(34,4)5)28(3)38-43(6,39(37)49)24-23-32-44(38,52)26-54-32/h11-16,18-21,28,31-32,35-38,48,52-53H,7-10,17,22-26H2,1-6H3,(H,46,50)/t28?,31?,32?,35?,36?,37?,38?,43-,44?,45?/m1/s1. The molecule has 11 heteroatoms. The number of carbonyl (C=O) groups is 4. The maximum Gasteiger partial charge on any atom is 0.338 e. The van der Waals surface area contributed by atoms with Crippen LogP contribution < -0.4 is 5.32 Å². The molecule has 4 N–H and O–H groups in total. The smallest absolute Gasteiger partial charge is 0.338 e. The van der Waals surface area contributed by atoms with E-state index < -0.39 is 82.2 Å². The van der Waals surface area contributed by atoms with E-state index in [4.69, 9.17) is 14.2 Å². The van der Waals surface area contributed by atoms with Crippen LogP contribution in [-0.2, 0) is 28.6 Å². The van der Waals surface area contributed by atoms with Crippen molar-refractivity contribution in [3.05, 3.63) is 82.9 Å². The summed E-state index contributed by atoms with van der Waals surface area (Å²) in [5.74, 6) is -3.97. The van der Waals surface area contributed by atoms with Crippen molar-refractivity contribution in [1.82, 2.24) is 5.32 Å².